The van der Waals surface area contributed by atoms with Gasteiger partial charge in [-0.1, -0.05) is 13.8 Å². The first-order valence-electron chi connectivity index (χ1n) is 13.6. The molecular formula is C27H47NO5. The van der Waals surface area contributed by atoms with Crippen LogP contribution in [0.3, 0.4) is 0 Å². The van der Waals surface area contributed by atoms with E-state index in [1.165, 1.54) is 19.3 Å². The van der Waals surface area contributed by atoms with Crippen molar-refractivity contribution in [1.82, 2.24) is 0 Å². The lowest BCUT2D eigenvalue weighted by Crippen LogP contribution is -2.67. The van der Waals surface area contributed by atoms with E-state index in [0.29, 0.717) is 35.5 Å². The molecule has 4 saturated carbocycles. The largest absolute Gasteiger partial charge is 0.393 e. The van der Waals surface area contributed by atoms with Crippen LogP contribution in [0.4, 0.5) is 0 Å². The van der Waals surface area contributed by atoms with Gasteiger partial charge in [0.05, 0.1) is 24.4 Å². The number of nitrogens with two attached hydrogens (primary N) is 1. The summed E-state index contributed by atoms with van der Waals surface area (Å²) in [5.41, 5.74) is 7.55. The first-order chi connectivity index (χ1) is 15.5. The van der Waals surface area contributed by atoms with Crippen molar-refractivity contribution in [3.8, 4) is 0 Å². The molecule has 5 rings (SSSR count). The molecule has 33 heavy (non-hydrogen) atoms. The predicted octanol–water partition coefficient (Wildman–Crippen LogP) is 3.35. The highest BCUT2D eigenvalue weighted by Crippen LogP contribution is 2.68. The molecule has 4 aliphatic carbocycles. The van der Waals surface area contributed by atoms with Crippen LogP contribution in [0.25, 0.3) is 0 Å². The molecule has 1 heterocycles. The van der Waals surface area contributed by atoms with Crippen LogP contribution in [0.15, 0.2) is 0 Å². The summed E-state index contributed by atoms with van der Waals surface area (Å²) in [6, 6.07) is 0. The molecule has 0 aromatic heterocycles. The molecule has 5 aliphatic rings. The number of hydrogen-bond acceptors (Lipinski definition) is 6. The van der Waals surface area contributed by atoms with Crippen molar-refractivity contribution in [2.45, 2.75) is 134 Å². The summed E-state index contributed by atoms with van der Waals surface area (Å²) < 4.78 is 12.2. The summed E-state index contributed by atoms with van der Waals surface area (Å²) in [6.07, 6.45) is 7.88. The topological polar surface area (TPSA) is 105 Å². The van der Waals surface area contributed by atoms with Gasteiger partial charge in [-0.15, -0.1) is 0 Å². The third-order valence-electron chi connectivity index (χ3n) is 11.6. The van der Waals surface area contributed by atoms with Gasteiger partial charge in [-0.25, -0.2) is 0 Å². The molecular weight excluding hydrogens is 418 g/mol. The van der Waals surface area contributed by atoms with Crippen molar-refractivity contribution in [3.63, 3.8) is 0 Å². The van der Waals surface area contributed by atoms with E-state index in [-0.39, 0.29) is 23.2 Å². The molecule has 1 aliphatic heterocycles. The average molecular weight is 466 g/mol. The van der Waals surface area contributed by atoms with Gasteiger partial charge < -0.3 is 30.5 Å². The number of rotatable bonds is 3. The van der Waals surface area contributed by atoms with Crippen molar-refractivity contribution in [1.29, 1.82) is 0 Å². The Morgan fingerprint density at radius 1 is 0.970 bits per heavy atom. The van der Waals surface area contributed by atoms with E-state index >= 15 is 0 Å². The number of ether oxygens (including phenoxy) is 2. The highest BCUT2D eigenvalue weighted by molar-refractivity contribution is 5.19. The Morgan fingerprint density at radius 2 is 1.73 bits per heavy atom. The van der Waals surface area contributed by atoms with E-state index in [9.17, 15) is 15.3 Å². The Balaban J connectivity index is 1.28. The van der Waals surface area contributed by atoms with Gasteiger partial charge in [-0.2, -0.15) is 0 Å². The fraction of sp³-hybridized carbons (Fsp3) is 1.00. The second-order valence-corrected chi connectivity index (χ2v) is 13.0. The minimum absolute atomic E-state index is 0.0479. The lowest BCUT2D eigenvalue weighted by Gasteiger charge is -2.64. The SMILES string of the molecule is C[C@H](O)[C@H]1CC[C@]2(N)[C@@H]3CC[C@@H]4C[C@@H](O[C@H]5C[C@H](O)[C@H](O)[C@@H](C)O5)CC[C@]4(C)[C@H]3CC[C@]12C. The summed E-state index contributed by atoms with van der Waals surface area (Å²) in [5, 5.41) is 30.6. The quantitative estimate of drug-likeness (QED) is 0.477. The third kappa shape index (κ3) is 3.65. The normalized spacial score (nSPS) is 57.6. The second kappa shape index (κ2) is 8.41. The van der Waals surface area contributed by atoms with Gasteiger partial charge in [-0.3, -0.25) is 0 Å². The number of fused-ring (bicyclic) bond motifs is 5. The van der Waals surface area contributed by atoms with Crippen LogP contribution in [0, 0.1) is 34.5 Å². The summed E-state index contributed by atoms with van der Waals surface area (Å²) in [7, 11) is 0. The lowest BCUT2D eigenvalue weighted by atomic mass is 9.42. The lowest BCUT2D eigenvalue weighted by molar-refractivity contribution is -0.268. The van der Waals surface area contributed by atoms with E-state index in [1.54, 1.807) is 6.92 Å². The minimum Gasteiger partial charge on any atom is -0.393 e. The molecule has 5 fully saturated rings. The Hall–Kier alpha value is -0.240. The molecule has 0 aromatic rings. The highest BCUT2D eigenvalue weighted by atomic mass is 16.7. The van der Waals surface area contributed by atoms with Crippen molar-refractivity contribution in [2.24, 2.45) is 40.2 Å². The van der Waals surface area contributed by atoms with Crippen LogP contribution < -0.4 is 5.73 Å². The summed E-state index contributed by atoms with van der Waals surface area (Å²) in [5.74, 6) is 2.17. The Morgan fingerprint density at radius 3 is 2.42 bits per heavy atom. The van der Waals surface area contributed by atoms with E-state index in [2.05, 4.69) is 13.8 Å². The van der Waals surface area contributed by atoms with Crippen molar-refractivity contribution in [3.05, 3.63) is 0 Å². The fourth-order valence-electron chi connectivity index (χ4n) is 9.56. The molecule has 0 aromatic carbocycles. The third-order valence-corrected chi connectivity index (χ3v) is 11.6. The van der Waals surface area contributed by atoms with Gasteiger partial charge in [0.1, 0.15) is 6.10 Å². The molecule has 0 bridgehead atoms. The van der Waals surface area contributed by atoms with E-state index < -0.39 is 24.6 Å². The van der Waals surface area contributed by atoms with Gasteiger partial charge in [0.15, 0.2) is 6.29 Å². The standard InChI is InChI=1S/C27H47NO5/c1-15(29)19-9-12-27(28)21-6-5-17-13-18(33-23-14-22(30)24(31)16(2)32-23)7-10-25(17,3)20(21)8-11-26(19,27)4/h15-24,29-31H,5-14,28H2,1-4H3/t15-,16+,17+,18-,19+,20-,21+,22-,23-,24+,25-,26+,27-/m0/s1. The van der Waals surface area contributed by atoms with Crippen LogP contribution in [0.1, 0.15) is 91.9 Å². The fourth-order valence-corrected chi connectivity index (χ4v) is 9.56. The molecule has 0 spiro atoms. The minimum atomic E-state index is -0.834. The number of aliphatic hydroxyl groups excluding tert-OH is 3. The first-order valence-corrected chi connectivity index (χ1v) is 13.6. The van der Waals surface area contributed by atoms with Crippen molar-refractivity contribution >= 4 is 0 Å². The molecule has 0 radical (unpaired) electrons. The smallest absolute Gasteiger partial charge is 0.161 e. The number of aliphatic hydroxyl groups is 3. The molecule has 0 unspecified atom stereocenters. The van der Waals surface area contributed by atoms with Gasteiger partial charge in [0, 0.05) is 12.0 Å². The Labute approximate surface area is 199 Å². The Kier molecular flexibility index (Phi) is 6.24. The van der Waals surface area contributed by atoms with Gasteiger partial charge in [-0.05, 0) is 106 Å². The van der Waals surface area contributed by atoms with Crippen molar-refractivity contribution in [2.75, 3.05) is 0 Å². The Bertz CT molecular complexity index is 721. The van der Waals surface area contributed by atoms with Crippen LogP contribution in [-0.2, 0) is 9.47 Å². The van der Waals surface area contributed by atoms with Gasteiger partial charge in [0.25, 0.3) is 0 Å². The average Bonchev–Trinajstić information content (AvgIpc) is 3.04. The molecule has 190 valence electrons. The maximum Gasteiger partial charge on any atom is 0.161 e. The monoisotopic (exact) mass is 465 g/mol. The molecule has 13 atom stereocenters. The van der Waals surface area contributed by atoms with Crippen LogP contribution in [0.2, 0.25) is 0 Å². The van der Waals surface area contributed by atoms with E-state index in [1.807, 2.05) is 6.92 Å². The van der Waals surface area contributed by atoms with Crippen LogP contribution in [-0.4, -0.2) is 57.7 Å². The van der Waals surface area contributed by atoms with Crippen LogP contribution in [0.5, 0.6) is 0 Å². The molecule has 6 heteroatoms. The second-order valence-electron chi connectivity index (χ2n) is 13.0. The predicted molar refractivity (Wildman–Crippen MR) is 126 cm³/mol. The molecule has 0 amide bonds. The maximum absolute atomic E-state index is 10.5. The first kappa shape index (κ1) is 24.5. The summed E-state index contributed by atoms with van der Waals surface area (Å²) in [4.78, 5) is 0. The zero-order valence-corrected chi connectivity index (χ0v) is 21.1. The zero-order chi connectivity index (χ0) is 23.8. The van der Waals surface area contributed by atoms with Gasteiger partial charge in [0.2, 0.25) is 0 Å². The maximum atomic E-state index is 10.5. The number of hydrogen-bond donors (Lipinski definition) is 4. The molecule has 6 nitrogen and oxygen atoms in total. The van der Waals surface area contributed by atoms with E-state index in [0.717, 1.165) is 38.5 Å². The van der Waals surface area contributed by atoms with Crippen molar-refractivity contribution < 1.29 is 24.8 Å². The highest BCUT2D eigenvalue weighted by Gasteiger charge is 2.66. The summed E-state index contributed by atoms with van der Waals surface area (Å²) >= 11 is 0. The van der Waals surface area contributed by atoms with Gasteiger partial charge >= 0.3 is 0 Å². The molecule has 1 saturated heterocycles. The van der Waals surface area contributed by atoms with E-state index in [4.69, 9.17) is 15.2 Å². The summed E-state index contributed by atoms with van der Waals surface area (Å²) in [6.45, 7) is 8.66. The molecule has 5 N–H and O–H groups in total. The van der Waals surface area contributed by atoms with Crippen LogP contribution >= 0.6 is 0 Å². The zero-order valence-electron chi connectivity index (χ0n) is 21.1.